The van der Waals surface area contributed by atoms with Gasteiger partial charge < -0.3 is 71.7 Å². The molecular weight excluding hydrogens is 1240 g/mol. The number of ether oxygens (including phenoxy) is 9. The molecule has 0 saturated heterocycles. The van der Waals surface area contributed by atoms with Crippen molar-refractivity contribution in [3.8, 4) is 0 Å². The number of aliphatic hydroxyl groups excluding tert-OH is 1. The molecule has 1 rings (SSSR count). The first-order valence-electron chi connectivity index (χ1n) is 26.2. The number of aliphatic hydroxyl groups is 1. The van der Waals surface area contributed by atoms with Crippen LogP contribution < -0.4 is 24.0 Å². The van der Waals surface area contributed by atoms with Crippen LogP contribution in [0.15, 0.2) is 11.6 Å². The van der Waals surface area contributed by atoms with Crippen molar-refractivity contribution in [1.29, 1.82) is 0 Å². The number of hydrogen-bond donors (Lipinski definition) is 1. The van der Waals surface area contributed by atoms with Gasteiger partial charge in [0.2, 0.25) is 6.43 Å². The van der Waals surface area contributed by atoms with Gasteiger partial charge in [-0.1, -0.05) is 62.3 Å². The van der Waals surface area contributed by atoms with E-state index < -0.39 is 118 Å². The summed E-state index contributed by atoms with van der Waals surface area (Å²) in [6.45, 7) is 18.4. The van der Waals surface area contributed by atoms with Crippen molar-refractivity contribution in [2.75, 3.05) is 78.2 Å². The highest BCUT2D eigenvalue weighted by molar-refractivity contribution is 8.00. The normalized spacial score (nSPS) is 13.3. The van der Waals surface area contributed by atoms with Crippen molar-refractivity contribution in [1.82, 2.24) is 0 Å². The minimum Gasteiger partial charge on any atom is -1.00 e. The lowest BCUT2D eigenvalue weighted by Crippen LogP contribution is -3.00. The van der Waals surface area contributed by atoms with E-state index >= 15 is 0 Å². The summed E-state index contributed by atoms with van der Waals surface area (Å²) in [7, 11) is -1.42. The lowest BCUT2D eigenvalue weighted by Gasteiger charge is -2.23. The van der Waals surface area contributed by atoms with Crippen molar-refractivity contribution >= 4 is 57.7 Å². The predicted molar refractivity (Wildman–Crippen MR) is 278 cm³/mol. The number of rotatable bonds is 32. The largest absolute Gasteiger partial charge is 1.00 e. The Bertz CT molecular complexity index is 1700. The first-order chi connectivity index (χ1) is 37.4. The number of alkyl halides is 8. The molecule has 1 aliphatic rings. The summed E-state index contributed by atoms with van der Waals surface area (Å²) in [6, 6.07) is 0. The molecule has 81 heavy (non-hydrogen) atoms. The lowest BCUT2D eigenvalue weighted by molar-refractivity contribution is -0.178. The number of hydrogen-bond acceptors (Lipinski definition) is 19. The van der Waals surface area contributed by atoms with Crippen LogP contribution in [0, 0.1) is 17.3 Å². The zero-order chi connectivity index (χ0) is 63.0. The average molecular weight is 1330 g/mol. The molecule has 0 radical (unpaired) electrons. The Morgan fingerprint density at radius 1 is 0.519 bits per heavy atom. The maximum atomic E-state index is 13.1. The van der Waals surface area contributed by atoms with Crippen LogP contribution in [0.4, 0.5) is 35.1 Å². The van der Waals surface area contributed by atoms with Gasteiger partial charge in [0, 0.05) is 18.6 Å². The molecule has 480 valence electrons. The van der Waals surface area contributed by atoms with Gasteiger partial charge in [0.1, 0.15) is 43.0 Å². The topological polar surface area (TPSA) is 257 Å². The molecule has 1 aliphatic carbocycles. The molecule has 0 heterocycles. The SMILES string of the molecule is CC(O)C(F)F.CCCOC(=O)C(=CC(F)F)C(=O)OCCC.CCCOC(=O)C(C(=O)OCCC)C(OCCC)C(F)F.CCCOC(=O)C1(C(=O)OCCC)CC1C(F)F.CCCOC(=O)CC(=O)OCCC.C[S+](C)(C)=O.[I-]. The summed E-state index contributed by atoms with van der Waals surface area (Å²) < 4.78 is 151. The molecule has 0 aromatic heterocycles. The van der Waals surface area contributed by atoms with E-state index in [2.05, 4.69) is 9.47 Å². The van der Waals surface area contributed by atoms with Crippen LogP contribution in [0.25, 0.3) is 0 Å². The number of allylic oxidation sites excluding steroid dienone is 1. The zero-order valence-corrected chi connectivity index (χ0v) is 51.9. The second-order valence-electron chi connectivity index (χ2n) is 17.5. The fourth-order valence-corrected chi connectivity index (χ4v) is 4.85. The van der Waals surface area contributed by atoms with Crippen molar-refractivity contribution in [3.63, 3.8) is 0 Å². The number of carbonyl (C=O) groups is 8. The molecule has 1 N–H and O–H groups in total. The number of halogens is 9. The molecule has 29 heteroatoms. The molecular formula is C52H89F8IO19S. The fraction of sp³-hybridized carbons (Fsp3) is 0.808. The Balaban J connectivity index is -0.000000218. The molecule has 0 bridgehead atoms. The van der Waals surface area contributed by atoms with Gasteiger partial charge in [-0.25, -0.2) is 44.7 Å². The van der Waals surface area contributed by atoms with Crippen LogP contribution in [0.2, 0.25) is 0 Å². The van der Waals surface area contributed by atoms with Crippen LogP contribution in [-0.2, 0) is 95.1 Å². The highest BCUT2D eigenvalue weighted by Crippen LogP contribution is 2.57. The van der Waals surface area contributed by atoms with Crippen LogP contribution in [0.3, 0.4) is 0 Å². The summed E-state index contributed by atoms with van der Waals surface area (Å²) >= 11 is 0. The van der Waals surface area contributed by atoms with Gasteiger partial charge in [-0.15, -0.1) is 4.21 Å². The van der Waals surface area contributed by atoms with Gasteiger partial charge in [0.25, 0.3) is 19.3 Å². The highest BCUT2D eigenvalue weighted by atomic mass is 127. The van der Waals surface area contributed by atoms with Crippen LogP contribution in [0.1, 0.15) is 140 Å². The molecule has 1 saturated carbocycles. The lowest BCUT2D eigenvalue weighted by atomic mass is 10.0. The Kier molecular flexibility index (Phi) is 58.4. The molecule has 0 amide bonds. The summed E-state index contributed by atoms with van der Waals surface area (Å²) in [4.78, 5) is 91.6. The van der Waals surface area contributed by atoms with E-state index in [0.717, 1.165) is 19.8 Å². The summed E-state index contributed by atoms with van der Waals surface area (Å²) in [5, 5.41) is 7.88. The van der Waals surface area contributed by atoms with E-state index in [1.165, 1.54) is 0 Å². The molecule has 3 unspecified atom stereocenters. The van der Waals surface area contributed by atoms with Gasteiger partial charge in [0.15, 0.2) is 11.3 Å². The predicted octanol–water partition coefficient (Wildman–Crippen LogP) is 6.11. The second-order valence-corrected chi connectivity index (χ2v) is 20.9. The average Bonchev–Trinajstić information content (AvgIpc) is 4.16. The van der Waals surface area contributed by atoms with Gasteiger partial charge in [-0.05, 0) is 71.1 Å². The maximum absolute atomic E-state index is 13.1. The third kappa shape index (κ3) is 47.9. The van der Waals surface area contributed by atoms with E-state index in [4.69, 9.17) is 38.3 Å². The summed E-state index contributed by atoms with van der Waals surface area (Å²) in [5.41, 5.74) is -2.51. The van der Waals surface area contributed by atoms with E-state index in [-0.39, 0.29) is 89.1 Å². The first-order valence-corrected chi connectivity index (χ1v) is 29.0. The van der Waals surface area contributed by atoms with Crippen molar-refractivity contribution in [2.45, 2.75) is 178 Å². The van der Waals surface area contributed by atoms with Crippen molar-refractivity contribution in [2.24, 2.45) is 17.3 Å². The Hall–Kier alpha value is -4.26. The van der Waals surface area contributed by atoms with Crippen molar-refractivity contribution in [3.05, 3.63) is 11.6 Å². The standard InChI is InChI=1S/C14H24F2O5.C12H18F2O4.C11H16F2O4.C9H16O4.C3H6F2O.C3H9OS.HI/c1-4-7-19-11(12(15)16)10(13(17)20-8-5-2)14(18)21-9-6-3;1-3-5-17-10(15)12(7-8(12)9(13)14)11(16)18-6-4-2;1-3-5-16-10(14)8(7-9(12)13)11(15)17-6-4-2;1-3-5-12-8(10)7-9(11)13-6-4-2;1-2(6)3(4)5;1-5(2,3)4;/h10-12H,4-9H2,1-3H3;8-9H,3-7H2,1-2H3;7,9H,3-6H2,1-2H3;3-7H2,1-2H3;2-3,6H,1H3;1-3H3;1H/q;;;;;+1;/p-1. The van der Waals surface area contributed by atoms with Gasteiger partial charge in [-0.3, -0.25) is 28.8 Å². The Morgan fingerprint density at radius 2 is 0.815 bits per heavy atom. The van der Waals surface area contributed by atoms with E-state index in [9.17, 15) is 77.7 Å². The molecule has 19 nitrogen and oxygen atoms in total. The van der Waals surface area contributed by atoms with Gasteiger partial charge in [0.05, 0.1) is 62.8 Å². The van der Waals surface area contributed by atoms with Crippen LogP contribution in [0.5, 0.6) is 0 Å². The quantitative estimate of drug-likeness (QED) is 0.0116. The smallest absolute Gasteiger partial charge is 0.345 e. The number of carbonyl (C=O) groups excluding carboxylic acids is 8. The molecule has 3 atom stereocenters. The molecule has 1 fully saturated rings. The minimum atomic E-state index is -2.98. The number of esters is 8. The minimum absolute atomic E-state index is 0. The zero-order valence-electron chi connectivity index (χ0n) is 48.9. The first kappa shape index (κ1) is 88.0. The maximum Gasteiger partial charge on any atom is 0.345 e. The molecule has 0 spiro atoms. The van der Waals surface area contributed by atoms with Crippen molar-refractivity contribution < 1.29 is 149 Å². The van der Waals surface area contributed by atoms with Gasteiger partial charge >= 0.3 is 47.8 Å². The molecule has 0 aromatic rings. The van der Waals surface area contributed by atoms with Crippen LogP contribution in [-0.4, -0.2) is 169 Å². The fourth-order valence-electron chi connectivity index (χ4n) is 4.85. The van der Waals surface area contributed by atoms with E-state index in [1.54, 1.807) is 67.2 Å². The van der Waals surface area contributed by atoms with E-state index in [1.807, 2.05) is 13.8 Å². The molecule has 0 aromatic carbocycles. The Labute approximate surface area is 490 Å². The second kappa shape index (κ2) is 53.7. The highest BCUT2D eigenvalue weighted by Gasteiger charge is 2.71. The van der Waals surface area contributed by atoms with Crippen LogP contribution >= 0.6 is 0 Å². The molecule has 0 aliphatic heterocycles. The van der Waals surface area contributed by atoms with Gasteiger partial charge in [-0.2, -0.15) is 0 Å². The summed E-state index contributed by atoms with van der Waals surface area (Å²) in [5.74, 6) is -10.0. The van der Waals surface area contributed by atoms with E-state index in [0.29, 0.717) is 58.2 Å². The summed E-state index contributed by atoms with van der Waals surface area (Å²) in [6.07, 6.45) is -4.31. The third-order valence-corrected chi connectivity index (χ3v) is 8.61. The monoisotopic (exact) mass is 1330 g/mol. The Morgan fingerprint density at radius 3 is 1.07 bits per heavy atom. The third-order valence-electron chi connectivity index (χ3n) is 8.61.